The molecule has 92 heavy (non-hydrogen) atoms. The first-order chi connectivity index (χ1) is 45.3. The zero-order valence-electron chi connectivity index (χ0n) is 51.7. The van der Waals surface area contributed by atoms with Gasteiger partial charge in [0.2, 0.25) is 0 Å². The Morgan fingerprint density at radius 3 is 1.26 bits per heavy atom. The SMILES string of the molecule is CCCCCCc1cc(-c2ccc(-c3ccc(-c4cc(CCCCCC)c(-c5ccc(N(c6ccc(N(c7ccccc7)c7cccc8ccccc78)cc6)c6ccc(N(c7ccccc7)c7cccc8ccccc78)cc6)cc5)s4)s3)s2)sc1/C=C(/C#N)C(=O)O. The zero-order chi connectivity index (χ0) is 62.8. The summed E-state index contributed by atoms with van der Waals surface area (Å²) in [6.45, 7) is 4.48. The second-order valence-corrected chi connectivity index (χ2v) is 27.4. The standard InChI is InChI=1S/C82H70N4O2S4/c1-3-5-7-11-25-60-53-79(91-78(60)55-62(56-83)82(87)88)76-51-49-74(89-76)75-50-52-77(90-75)80-54-61(26-12-8-6-4-2)81(92-80)59-37-39-65(40-38-59)84(66-41-45-68(46-42-66)85(63-29-13-9-14-30-63)72-35-21-27-57-23-17-19-33-70(57)72)67-43-47-69(48-44-67)86(64-31-15-10-16-32-64)73-36-22-28-58-24-18-20-34-71(58)73/h9-10,13-24,27-55H,3-8,11-12,25-26H2,1-2H3,(H,87,88)/b62-55-. The normalized spacial score (nSPS) is 11.5. The van der Waals surface area contributed by atoms with Crippen LogP contribution < -0.4 is 14.7 Å². The van der Waals surface area contributed by atoms with Crippen LogP contribution in [0.4, 0.5) is 51.2 Å². The molecule has 0 aliphatic carbocycles. The van der Waals surface area contributed by atoms with E-state index in [0.29, 0.717) is 0 Å². The molecule has 0 atom stereocenters. The number of rotatable bonds is 25. The van der Waals surface area contributed by atoms with Crippen LogP contribution in [0.3, 0.4) is 0 Å². The van der Waals surface area contributed by atoms with Crippen molar-refractivity contribution in [3.63, 3.8) is 0 Å². The third-order valence-electron chi connectivity index (χ3n) is 17.0. The molecule has 454 valence electrons. The van der Waals surface area contributed by atoms with Crippen molar-refractivity contribution < 1.29 is 9.90 Å². The van der Waals surface area contributed by atoms with Crippen LogP contribution in [0.5, 0.6) is 0 Å². The number of para-hydroxylation sites is 2. The fraction of sp³-hybridized carbons (Fsp3) is 0.146. The van der Waals surface area contributed by atoms with Gasteiger partial charge in [-0.1, -0.05) is 174 Å². The van der Waals surface area contributed by atoms with Crippen LogP contribution in [0.1, 0.15) is 81.2 Å². The van der Waals surface area contributed by atoms with E-state index in [1.807, 2.05) is 28.7 Å². The monoisotopic (exact) mass is 1270 g/mol. The lowest BCUT2D eigenvalue weighted by molar-refractivity contribution is -0.132. The number of hydrogen-bond donors (Lipinski definition) is 1. The Bertz CT molecular complexity index is 4550. The molecule has 0 aliphatic rings. The number of aryl methyl sites for hydroxylation is 2. The van der Waals surface area contributed by atoms with Crippen molar-refractivity contribution in [2.45, 2.75) is 78.1 Å². The van der Waals surface area contributed by atoms with E-state index in [-0.39, 0.29) is 5.57 Å². The summed E-state index contributed by atoms with van der Waals surface area (Å²) in [6, 6.07) is 94.5. The molecule has 4 aromatic heterocycles. The van der Waals surface area contributed by atoms with Gasteiger partial charge < -0.3 is 19.8 Å². The minimum absolute atomic E-state index is 0.236. The number of hydrogen-bond acceptors (Lipinski definition) is 9. The van der Waals surface area contributed by atoms with Crippen molar-refractivity contribution in [2.75, 3.05) is 14.7 Å². The number of fused-ring (bicyclic) bond motifs is 2. The second-order valence-electron chi connectivity index (χ2n) is 23.1. The van der Waals surface area contributed by atoms with Gasteiger partial charge in [-0.15, -0.1) is 45.3 Å². The first-order valence-electron chi connectivity index (χ1n) is 31.9. The van der Waals surface area contributed by atoms with Gasteiger partial charge in [0.15, 0.2) is 0 Å². The summed E-state index contributed by atoms with van der Waals surface area (Å²) in [4.78, 5) is 28.4. The number of carbonyl (C=O) groups is 1. The molecule has 0 amide bonds. The highest BCUT2D eigenvalue weighted by atomic mass is 32.1. The number of nitrogens with zero attached hydrogens (tertiary/aromatic N) is 4. The lowest BCUT2D eigenvalue weighted by Crippen LogP contribution is -2.13. The van der Waals surface area contributed by atoms with Crippen LogP contribution in [-0.4, -0.2) is 11.1 Å². The molecule has 0 radical (unpaired) electrons. The number of aliphatic carboxylic acids is 1. The van der Waals surface area contributed by atoms with Crippen molar-refractivity contribution in [1.82, 2.24) is 0 Å². The van der Waals surface area contributed by atoms with Crippen LogP contribution in [0, 0.1) is 11.3 Å². The lowest BCUT2D eigenvalue weighted by Gasteiger charge is -2.30. The minimum atomic E-state index is -1.20. The molecular weight excluding hydrogens is 1200 g/mol. The van der Waals surface area contributed by atoms with Crippen molar-refractivity contribution in [3.8, 4) is 45.8 Å². The number of nitriles is 1. The molecule has 13 aromatic rings. The summed E-state index contributed by atoms with van der Waals surface area (Å²) in [5.41, 5.74) is 13.2. The molecule has 4 heterocycles. The second kappa shape index (κ2) is 28.7. The van der Waals surface area contributed by atoms with Crippen molar-refractivity contribution in [1.29, 1.82) is 5.26 Å². The van der Waals surface area contributed by atoms with E-state index in [0.717, 1.165) is 110 Å². The van der Waals surface area contributed by atoms with Gasteiger partial charge in [-0.05, 0) is 193 Å². The van der Waals surface area contributed by atoms with Gasteiger partial charge in [-0.3, -0.25) is 0 Å². The maximum Gasteiger partial charge on any atom is 0.346 e. The Labute approximate surface area is 556 Å². The highest BCUT2D eigenvalue weighted by molar-refractivity contribution is 7.29. The predicted octanol–water partition coefficient (Wildman–Crippen LogP) is 25.6. The molecule has 6 nitrogen and oxygen atoms in total. The third-order valence-corrected chi connectivity index (χ3v) is 22.1. The van der Waals surface area contributed by atoms with Crippen LogP contribution in [0.25, 0.3) is 67.3 Å². The average molecular weight is 1270 g/mol. The Kier molecular flexibility index (Phi) is 19.1. The maximum atomic E-state index is 11.9. The third kappa shape index (κ3) is 13.4. The van der Waals surface area contributed by atoms with Gasteiger partial charge in [0.05, 0.1) is 11.4 Å². The van der Waals surface area contributed by atoms with Crippen LogP contribution >= 0.6 is 45.3 Å². The summed E-state index contributed by atoms with van der Waals surface area (Å²) in [6.07, 6.45) is 12.7. The van der Waals surface area contributed by atoms with E-state index < -0.39 is 5.97 Å². The highest BCUT2D eigenvalue weighted by Crippen LogP contribution is 2.49. The van der Waals surface area contributed by atoms with E-state index in [9.17, 15) is 15.2 Å². The summed E-state index contributed by atoms with van der Waals surface area (Å²) in [5, 5.41) is 24.1. The van der Waals surface area contributed by atoms with E-state index in [1.165, 1.54) is 82.7 Å². The average Bonchev–Trinajstić information content (AvgIpc) is 1.12. The van der Waals surface area contributed by atoms with Gasteiger partial charge in [-0.2, -0.15) is 5.26 Å². The summed E-state index contributed by atoms with van der Waals surface area (Å²) in [5.74, 6) is -1.20. The number of carboxylic acid groups (broad SMARTS) is 1. The van der Waals surface area contributed by atoms with Gasteiger partial charge >= 0.3 is 5.97 Å². The van der Waals surface area contributed by atoms with Crippen molar-refractivity contribution >= 4 is 130 Å². The molecule has 0 fully saturated rings. The largest absolute Gasteiger partial charge is 0.477 e. The van der Waals surface area contributed by atoms with Crippen LogP contribution in [-0.2, 0) is 17.6 Å². The fourth-order valence-electron chi connectivity index (χ4n) is 12.4. The molecule has 0 saturated carbocycles. The Balaban J connectivity index is 0.847. The van der Waals surface area contributed by atoms with Crippen molar-refractivity contribution in [2.24, 2.45) is 0 Å². The number of benzene rings is 9. The number of unbranched alkanes of at least 4 members (excludes halogenated alkanes) is 6. The van der Waals surface area contributed by atoms with Gasteiger partial charge in [0, 0.05) is 89.6 Å². The molecule has 0 spiro atoms. The Morgan fingerprint density at radius 1 is 0.402 bits per heavy atom. The Morgan fingerprint density at radius 2 is 0.793 bits per heavy atom. The predicted molar refractivity (Wildman–Crippen MR) is 396 cm³/mol. The summed E-state index contributed by atoms with van der Waals surface area (Å²) in [7, 11) is 0. The molecule has 13 rings (SSSR count). The Hall–Kier alpha value is -9.60. The van der Waals surface area contributed by atoms with E-state index in [4.69, 9.17) is 0 Å². The molecule has 1 N–H and O–H groups in total. The molecule has 0 saturated heterocycles. The van der Waals surface area contributed by atoms with E-state index in [2.05, 4.69) is 283 Å². The van der Waals surface area contributed by atoms with Crippen LogP contribution in [0.2, 0.25) is 0 Å². The number of thiophene rings is 4. The van der Waals surface area contributed by atoms with Gasteiger partial charge in [0.1, 0.15) is 11.6 Å². The summed E-state index contributed by atoms with van der Waals surface area (Å²) < 4.78 is 0. The van der Waals surface area contributed by atoms with E-state index >= 15 is 0 Å². The molecular formula is C82H70N4O2S4. The van der Waals surface area contributed by atoms with Crippen LogP contribution in [0.15, 0.2) is 260 Å². The highest BCUT2D eigenvalue weighted by Gasteiger charge is 2.23. The smallest absolute Gasteiger partial charge is 0.346 e. The molecule has 10 heteroatoms. The minimum Gasteiger partial charge on any atom is -0.477 e. The quantitative estimate of drug-likeness (QED) is 0.0349. The molecule has 9 aromatic carbocycles. The first kappa shape index (κ1) is 61.3. The topological polar surface area (TPSA) is 70.8 Å². The van der Waals surface area contributed by atoms with Crippen molar-refractivity contribution in [3.05, 3.63) is 276 Å². The molecule has 0 unspecified atom stereocenters. The molecule has 0 bridgehead atoms. The first-order valence-corrected chi connectivity index (χ1v) is 35.2. The van der Waals surface area contributed by atoms with Gasteiger partial charge in [0.25, 0.3) is 0 Å². The fourth-order valence-corrected chi connectivity index (χ4v) is 17.0. The van der Waals surface area contributed by atoms with E-state index in [1.54, 1.807) is 28.7 Å². The van der Waals surface area contributed by atoms with Gasteiger partial charge in [-0.25, -0.2) is 4.79 Å². The summed E-state index contributed by atoms with van der Waals surface area (Å²) >= 11 is 7.08. The number of anilines is 9. The maximum absolute atomic E-state index is 11.9. The number of carboxylic acids is 1. The zero-order valence-corrected chi connectivity index (χ0v) is 54.9. The molecule has 0 aliphatic heterocycles. The lowest BCUT2D eigenvalue weighted by atomic mass is 10.0.